The zero-order chi connectivity index (χ0) is 28.3. The molecule has 1 aliphatic heterocycles. The number of hydrogen-bond donors (Lipinski definition) is 3. The number of aromatic hydroxyl groups is 2. The largest absolute Gasteiger partial charge is 0.508 e. The maximum absolute atomic E-state index is 14.0. The maximum Gasteiger partial charge on any atom is 0.268 e. The zero-order valence-corrected chi connectivity index (χ0v) is 23.7. The first-order valence-electron chi connectivity index (χ1n) is 13.1. The molecule has 10 heteroatoms. The Morgan fingerprint density at radius 2 is 1.73 bits per heavy atom. The van der Waals surface area contributed by atoms with Crippen LogP contribution in [-0.4, -0.2) is 41.7 Å². The molecule has 0 bridgehead atoms. The van der Waals surface area contributed by atoms with Crippen molar-refractivity contribution < 1.29 is 18.6 Å². The highest BCUT2D eigenvalue weighted by molar-refractivity contribution is 7.92. The van der Waals surface area contributed by atoms with Gasteiger partial charge in [0.1, 0.15) is 16.4 Å². The van der Waals surface area contributed by atoms with Crippen LogP contribution in [0.15, 0.2) is 77.8 Å². The van der Waals surface area contributed by atoms with Crippen molar-refractivity contribution in [1.82, 2.24) is 15.3 Å². The lowest BCUT2D eigenvalue weighted by molar-refractivity contribution is 0.372. The van der Waals surface area contributed by atoms with E-state index in [0.717, 1.165) is 55.1 Å². The van der Waals surface area contributed by atoms with Gasteiger partial charge >= 0.3 is 0 Å². The highest BCUT2D eigenvalue weighted by Crippen LogP contribution is 2.34. The van der Waals surface area contributed by atoms with Crippen molar-refractivity contribution in [2.75, 3.05) is 17.4 Å². The summed E-state index contributed by atoms with van der Waals surface area (Å²) in [5.74, 6) is -0.152. The van der Waals surface area contributed by atoms with E-state index in [2.05, 4.69) is 27.4 Å². The lowest BCUT2D eigenvalue weighted by Crippen LogP contribution is -2.31. The average Bonchev–Trinajstić information content (AvgIpc) is 2.94. The normalized spacial score (nSPS) is 14.2. The minimum absolute atomic E-state index is 0.0560. The predicted octanol–water partition coefficient (Wildman–Crippen LogP) is 5.45. The molecule has 3 aromatic carbocycles. The Labute approximate surface area is 239 Å². The molecule has 1 fully saturated rings. The van der Waals surface area contributed by atoms with Gasteiger partial charge in [-0.05, 0) is 97.8 Å². The summed E-state index contributed by atoms with van der Waals surface area (Å²) in [6, 6.07) is 18.5. The summed E-state index contributed by atoms with van der Waals surface area (Å²) in [4.78, 5) is 8.03. The van der Waals surface area contributed by atoms with Crippen molar-refractivity contribution in [2.24, 2.45) is 5.92 Å². The second-order valence-electron chi connectivity index (χ2n) is 10.1. The van der Waals surface area contributed by atoms with Crippen LogP contribution in [0.4, 0.5) is 5.69 Å². The van der Waals surface area contributed by atoms with E-state index in [-0.39, 0.29) is 22.5 Å². The van der Waals surface area contributed by atoms with Crippen molar-refractivity contribution in [3.63, 3.8) is 0 Å². The number of piperidine rings is 1. The molecule has 0 saturated carbocycles. The van der Waals surface area contributed by atoms with Crippen LogP contribution in [-0.2, 0) is 23.0 Å². The molecule has 1 aromatic heterocycles. The number of benzene rings is 3. The van der Waals surface area contributed by atoms with Crippen molar-refractivity contribution in [3.05, 3.63) is 94.9 Å². The van der Waals surface area contributed by atoms with E-state index < -0.39 is 15.8 Å². The third-order valence-corrected chi connectivity index (χ3v) is 9.19. The van der Waals surface area contributed by atoms with Crippen molar-refractivity contribution in [3.8, 4) is 22.8 Å². The Morgan fingerprint density at radius 3 is 2.45 bits per heavy atom. The van der Waals surface area contributed by atoms with Crippen molar-refractivity contribution in [1.29, 1.82) is 0 Å². The number of hydrogen-bond acceptors (Lipinski definition) is 7. The number of halogens is 1. The number of anilines is 1. The number of nitrogens with zero attached hydrogens (tertiary/aromatic N) is 3. The highest BCUT2D eigenvalue weighted by atomic mass is 35.5. The van der Waals surface area contributed by atoms with E-state index >= 15 is 0 Å². The Morgan fingerprint density at radius 1 is 1.00 bits per heavy atom. The van der Waals surface area contributed by atoms with E-state index in [1.54, 1.807) is 30.5 Å². The molecule has 40 heavy (non-hydrogen) atoms. The number of aromatic nitrogens is 2. The molecular weight excluding hydrogens is 548 g/mol. The molecule has 0 aliphatic carbocycles. The van der Waals surface area contributed by atoms with Crippen LogP contribution in [0.25, 0.3) is 11.3 Å². The van der Waals surface area contributed by atoms with Crippen molar-refractivity contribution in [2.45, 2.75) is 37.6 Å². The Kier molecular flexibility index (Phi) is 8.25. The summed E-state index contributed by atoms with van der Waals surface area (Å²) in [6.45, 7) is 3.97. The van der Waals surface area contributed by atoms with Crippen LogP contribution in [0.3, 0.4) is 0 Å². The van der Waals surface area contributed by atoms with Crippen LogP contribution in [0, 0.1) is 12.8 Å². The molecule has 8 nitrogen and oxygen atoms in total. The predicted molar refractivity (Wildman–Crippen MR) is 156 cm³/mol. The summed E-state index contributed by atoms with van der Waals surface area (Å²) in [6.07, 6.45) is 4.82. The topological polar surface area (TPSA) is 116 Å². The van der Waals surface area contributed by atoms with E-state index in [0.29, 0.717) is 17.3 Å². The summed E-state index contributed by atoms with van der Waals surface area (Å²) in [5.41, 5.74) is 4.66. The first-order chi connectivity index (χ1) is 19.2. The van der Waals surface area contributed by atoms with Gasteiger partial charge in [0.25, 0.3) is 10.0 Å². The lowest BCUT2D eigenvalue weighted by atomic mass is 9.90. The molecule has 0 spiro atoms. The molecule has 3 N–H and O–H groups in total. The summed E-state index contributed by atoms with van der Waals surface area (Å²) < 4.78 is 29.2. The fourth-order valence-corrected chi connectivity index (χ4v) is 6.75. The van der Waals surface area contributed by atoms with Crippen LogP contribution < -0.4 is 9.62 Å². The Hall–Kier alpha value is -3.66. The van der Waals surface area contributed by atoms with Crippen LogP contribution in [0.5, 0.6) is 11.5 Å². The lowest BCUT2D eigenvalue weighted by Gasteiger charge is -2.26. The van der Waals surface area contributed by atoms with Gasteiger partial charge in [0, 0.05) is 17.8 Å². The number of rotatable bonds is 8. The second-order valence-corrected chi connectivity index (χ2v) is 12.3. The van der Waals surface area contributed by atoms with Gasteiger partial charge in [-0.2, -0.15) is 0 Å². The first-order valence-corrected chi connectivity index (χ1v) is 15.0. The standard InChI is InChI=1S/C30H31ClN4O4S/c1-20-18-33-30(31)34-29(20)24-5-7-25(8-6-24)35(40(38,39)28-10-9-26(36)17-27(28)37)19-23-4-2-3-22(16-23)15-21-11-13-32-14-12-21/h2-10,16-18,21,32,36-37H,11-15,19H2,1H3. The number of aryl methyl sites for hydroxylation is 1. The van der Waals surface area contributed by atoms with Gasteiger partial charge in [-0.3, -0.25) is 4.31 Å². The fraction of sp³-hybridized carbons (Fsp3) is 0.267. The average molecular weight is 579 g/mol. The molecule has 0 radical (unpaired) electrons. The molecule has 2 heterocycles. The van der Waals surface area contributed by atoms with Crippen LogP contribution >= 0.6 is 11.6 Å². The maximum atomic E-state index is 14.0. The Balaban J connectivity index is 1.51. The van der Waals surface area contributed by atoms with Crippen LogP contribution in [0.1, 0.15) is 29.5 Å². The summed E-state index contributed by atoms with van der Waals surface area (Å²) in [7, 11) is -4.21. The Bertz CT molecular complexity index is 1610. The van der Waals surface area contributed by atoms with Gasteiger partial charge < -0.3 is 15.5 Å². The molecule has 5 rings (SSSR count). The van der Waals surface area contributed by atoms with Crippen LogP contribution in [0.2, 0.25) is 5.28 Å². The van der Waals surface area contributed by atoms with Gasteiger partial charge in [-0.1, -0.05) is 36.4 Å². The number of phenols is 2. The number of sulfonamides is 1. The smallest absolute Gasteiger partial charge is 0.268 e. The first kappa shape index (κ1) is 27.9. The molecule has 208 valence electrons. The highest BCUT2D eigenvalue weighted by Gasteiger charge is 2.28. The quantitative estimate of drug-likeness (QED) is 0.238. The second kappa shape index (κ2) is 11.8. The molecule has 0 atom stereocenters. The SMILES string of the molecule is Cc1cnc(Cl)nc1-c1ccc(N(Cc2cccc(CC3CCNCC3)c2)S(=O)(=O)c2ccc(O)cc2O)cc1. The molecule has 0 amide bonds. The zero-order valence-electron chi connectivity index (χ0n) is 22.1. The minimum atomic E-state index is -4.21. The van der Waals surface area contributed by atoms with Gasteiger partial charge in [0.05, 0.1) is 17.9 Å². The van der Waals surface area contributed by atoms with Crippen molar-refractivity contribution >= 4 is 27.3 Å². The minimum Gasteiger partial charge on any atom is -0.508 e. The molecule has 0 unspecified atom stereocenters. The third kappa shape index (κ3) is 6.22. The van der Waals surface area contributed by atoms with E-state index in [4.69, 9.17) is 11.6 Å². The number of phenolic OH excluding ortho intramolecular Hbond substituents is 2. The molecule has 1 saturated heterocycles. The molecule has 4 aromatic rings. The van der Waals surface area contributed by atoms with E-state index in [1.165, 1.54) is 22.0 Å². The van der Waals surface area contributed by atoms with Gasteiger partial charge in [0.2, 0.25) is 5.28 Å². The molecular formula is C30H31ClN4O4S. The van der Waals surface area contributed by atoms with E-state index in [9.17, 15) is 18.6 Å². The fourth-order valence-electron chi connectivity index (χ4n) is 5.10. The number of nitrogens with one attached hydrogen (secondary N) is 1. The molecule has 1 aliphatic rings. The van der Waals surface area contributed by atoms with Gasteiger partial charge in [-0.25, -0.2) is 18.4 Å². The van der Waals surface area contributed by atoms with Gasteiger partial charge in [-0.15, -0.1) is 0 Å². The van der Waals surface area contributed by atoms with Gasteiger partial charge in [0.15, 0.2) is 0 Å². The summed E-state index contributed by atoms with van der Waals surface area (Å²) in [5, 5.41) is 23.7. The third-order valence-electron chi connectivity index (χ3n) is 7.18. The summed E-state index contributed by atoms with van der Waals surface area (Å²) >= 11 is 6.01. The monoisotopic (exact) mass is 578 g/mol. The van der Waals surface area contributed by atoms with E-state index in [1.807, 2.05) is 19.1 Å².